The smallest absolute Gasteiger partial charge is 0.410 e. The van der Waals surface area contributed by atoms with Crippen molar-refractivity contribution in [3.8, 4) is 34.6 Å². The Bertz CT molecular complexity index is 2740. The van der Waals surface area contributed by atoms with E-state index in [-0.39, 0.29) is 58.8 Å². The summed E-state index contributed by atoms with van der Waals surface area (Å²) in [6, 6.07) is 16.9. The Labute approximate surface area is 408 Å². The second-order valence-corrected chi connectivity index (χ2v) is 20.9. The molecule has 11 rings (SSSR count). The van der Waals surface area contributed by atoms with Crippen LogP contribution in [0.3, 0.4) is 0 Å². The van der Waals surface area contributed by atoms with Crippen molar-refractivity contribution >= 4 is 28.5 Å². The van der Waals surface area contributed by atoms with E-state index in [1.165, 1.54) is 0 Å². The van der Waals surface area contributed by atoms with Crippen LogP contribution in [0.1, 0.15) is 94.4 Å². The predicted molar refractivity (Wildman–Crippen MR) is 261 cm³/mol. The molecule has 1 amide bonds. The normalized spacial score (nSPS) is 23.9. The van der Waals surface area contributed by atoms with Gasteiger partial charge in [0, 0.05) is 43.8 Å². The highest BCUT2D eigenvalue weighted by molar-refractivity contribution is 5.98. The summed E-state index contributed by atoms with van der Waals surface area (Å²) < 4.78 is 72.8. The summed E-state index contributed by atoms with van der Waals surface area (Å²) in [7, 11) is 3.25. The number of fused-ring (bicyclic) bond motifs is 6. The van der Waals surface area contributed by atoms with Gasteiger partial charge in [-0.2, -0.15) is 9.97 Å². The average molecular weight is 960 g/mol. The number of amides is 1. The fraction of sp³-hybridized carbons (Fsp3) is 0.519. The molecule has 70 heavy (non-hydrogen) atoms. The van der Waals surface area contributed by atoms with Crippen molar-refractivity contribution in [3.63, 3.8) is 0 Å². The number of ether oxygens (including phenoxy) is 6. The molecule has 7 heterocycles. The van der Waals surface area contributed by atoms with E-state index in [2.05, 4.69) is 9.80 Å². The Hall–Kier alpha value is -6.00. The molecule has 6 atom stereocenters. The SMILES string of the molecule is COc1ccc(CN(Cc2ccc(OC)cc2)c2cc(C)c(C3CC3)c(-c3nc4c5c(nc(OC[C@@H]6CC[C@H]7COCCN76)nc5c3F)N3C[C@H]5CC[C@@H]([C@H]3[C@H](C)O4)N5C(=O)OC(C)(C)C)c2F)cc1. The highest BCUT2D eigenvalue weighted by Crippen LogP contribution is 2.52. The summed E-state index contributed by atoms with van der Waals surface area (Å²) in [5.74, 6) is 0.628. The largest absolute Gasteiger partial charge is 0.497 e. The fourth-order valence-corrected chi connectivity index (χ4v) is 11.8. The molecule has 370 valence electrons. The maximum Gasteiger partial charge on any atom is 0.410 e. The molecule has 1 aliphatic carbocycles. The molecular weight excluding hydrogens is 897 g/mol. The van der Waals surface area contributed by atoms with Gasteiger partial charge in [0.05, 0.1) is 51.2 Å². The van der Waals surface area contributed by atoms with Gasteiger partial charge < -0.3 is 38.2 Å². The average Bonchev–Trinajstić information content (AvgIpc) is 4.05. The van der Waals surface area contributed by atoms with Gasteiger partial charge >= 0.3 is 12.1 Å². The Morgan fingerprint density at radius 3 is 2.21 bits per heavy atom. The lowest BCUT2D eigenvalue weighted by Crippen LogP contribution is -2.65. The number of carbonyl (C=O) groups is 1. The number of nitrogens with zero attached hydrogens (tertiary/aromatic N) is 7. The third kappa shape index (κ3) is 8.58. The topological polar surface area (TPSA) is 124 Å². The molecule has 1 saturated carbocycles. The molecule has 4 saturated heterocycles. The van der Waals surface area contributed by atoms with Gasteiger partial charge in [-0.3, -0.25) is 9.80 Å². The third-order valence-corrected chi connectivity index (χ3v) is 15.2. The number of piperazine rings is 1. The van der Waals surface area contributed by atoms with Gasteiger partial charge in [-0.25, -0.2) is 18.6 Å². The Balaban J connectivity index is 1.05. The van der Waals surface area contributed by atoms with Gasteiger partial charge in [0.25, 0.3) is 0 Å². The number of rotatable bonds is 12. The zero-order chi connectivity index (χ0) is 48.6. The van der Waals surface area contributed by atoms with E-state index in [1.54, 1.807) is 14.2 Å². The van der Waals surface area contributed by atoms with Gasteiger partial charge in [0.1, 0.15) is 52.2 Å². The van der Waals surface area contributed by atoms with E-state index < -0.39 is 29.4 Å². The first kappa shape index (κ1) is 46.4. The maximum atomic E-state index is 18.4. The van der Waals surface area contributed by atoms with E-state index in [0.29, 0.717) is 80.3 Å². The zero-order valence-electron chi connectivity index (χ0n) is 41.2. The molecule has 14 nitrogen and oxygen atoms in total. The second-order valence-electron chi connectivity index (χ2n) is 20.9. The first-order valence-electron chi connectivity index (χ1n) is 24.9. The number of morpholine rings is 1. The van der Waals surface area contributed by atoms with Crippen molar-refractivity contribution in [2.24, 2.45) is 0 Å². The summed E-state index contributed by atoms with van der Waals surface area (Å²) in [5, 5.41) is 0.295. The number of pyridine rings is 1. The fourth-order valence-electron chi connectivity index (χ4n) is 11.8. The number of hydrogen-bond donors (Lipinski definition) is 0. The van der Waals surface area contributed by atoms with Crippen molar-refractivity contribution < 1.29 is 42.0 Å². The number of anilines is 2. The number of aromatic nitrogens is 3. The molecule has 6 aliphatic rings. The number of hydrogen-bond acceptors (Lipinski definition) is 13. The number of aryl methyl sites for hydroxylation is 1. The molecule has 5 fully saturated rings. The van der Waals surface area contributed by atoms with E-state index in [1.807, 2.05) is 99.0 Å². The lowest BCUT2D eigenvalue weighted by Gasteiger charge is -2.48. The first-order chi connectivity index (χ1) is 33.8. The second kappa shape index (κ2) is 18.3. The molecule has 3 aromatic carbocycles. The number of methoxy groups -OCH3 is 2. The van der Waals surface area contributed by atoms with Crippen LogP contribution >= 0.6 is 0 Å². The number of carbonyl (C=O) groups excluding carboxylic acids is 1. The van der Waals surface area contributed by atoms with Crippen molar-refractivity contribution in [1.82, 2.24) is 24.8 Å². The maximum absolute atomic E-state index is 18.4. The van der Waals surface area contributed by atoms with Crippen LogP contribution in [0.5, 0.6) is 23.4 Å². The third-order valence-electron chi connectivity index (χ3n) is 15.2. The van der Waals surface area contributed by atoms with Crippen molar-refractivity contribution in [2.45, 2.75) is 134 Å². The Morgan fingerprint density at radius 1 is 0.871 bits per heavy atom. The minimum absolute atomic E-state index is 0.0182. The Kier molecular flexibility index (Phi) is 12.1. The minimum atomic E-state index is -0.777. The van der Waals surface area contributed by atoms with Gasteiger partial charge in [-0.1, -0.05) is 24.3 Å². The summed E-state index contributed by atoms with van der Waals surface area (Å²) in [6.07, 6.45) is 4.14. The highest BCUT2D eigenvalue weighted by atomic mass is 19.1. The first-order valence-corrected chi connectivity index (χ1v) is 24.9. The van der Waals surface area contributed by atoms with Gasteiger partial charge in [-0.05, 0) is 132 Å². The minimum Gasteiger partial charge on any atom is -0.497 e. The van der Waals surface area contributed by atoms with Crippen LogP contribution in [0, 0.1) is 18.6 Å². The molecular formula is C54H63F2N7O7. The Morgan fingerprint density at radius 2 is 1.56 bits per heavy atom. The summed E-state index contributed by atoms with van der Waals surface area (Å²) >= 11 is 0. The van der Waals surface area contributed by atoms with E-state index in [0.717, 1.165) is 60.9 Å². The van der Waals surface area contributed by atoms with Crippen LogP contribution in [-0.4, -0.2) is 120 Å². The molecule has 0 radical (unpaired) electrons. The number of halogens is 2. The van der Waals surface area contributed by atoms with Crippen LogP contribution < -0.4 is 28.7 Å². The van der Waals surface area contributed by atoms with Gasteiger partial charge in [0.2, 0.25) is 5.88 Å². The molecule has 5 aromatic rings. The lowest BCUT2D eigenvalue weighted by atomic mass is 9.92. The highest BCUT2D eigenvalue weighted by Gasteiger charge is 2.54. The van der Waals surface area contributed by atoms with E-state index in [9.17, 15) is 4.79 Å². The molecule has 0 spiro atoms. The standard InChI is InChI=1S/C54H63F2N7O7/c1-30-24-41(60(25-32-8-17-38(65-6)18-9-32)26-33-10-19-39(66-7)20-11-33)45(55)43(42(30)34-12-13-34)47-46(56)48-44-50(59-52(58-48)68-29-37-15-14-36-28-67-23-22-61(36)37)62-27-35-16-21-40(49(62)31(2)69-51(44)57-47)63(35)53(64)70-54(3,4)5/h8-11,17-20,24,31,34-37,40,49H,12-16,21-23,25-29H2,1-7H3/t31-,35+,36-,37-,40-,49+/m0/s1. The lowest BCUT2D eigenvalue weighted by molar-refractivity contribution is -0.0101. The predicted octanol–water partition coefficient (Wildman–Crippen LogP) is 9.36. The van der Waals surface area contributed by atoms with E-state index >= 15 is 8.78 Å². The monoisotopic (exact) mass is 959 g/mol. The molecule has 2 aromatic heterocycles. The van der Waals surface area contributed by atoms with Crippen molar-refractivity contribution in [3.05, 3.63) is 88.5 Å². The summed E-state index contributed by atoms with van der Waals surface area (Å²) in [6.45, 7) is 13.1. The van der Waals surface area contributed by atoms with Crippen molar-refractivity contribution in [1.29, 1.82) is 0 Å². The van der Waals surface area contributed by atoms with Crippen LogP contribution in [0.2, 0.25) is 0 Å². The zero-order valence-corrected chi connectivity index (χ0v) is 41.2. The summed E-state index contributed by atoms with van der Waals surface area (Å²) in [4.78, 5) is 37.4. The molecule has 0 N–H and O–H groups in total. The molecule has 16 heteroatoms. The van der Waals surface area contributed by atoms with E-state index in [4.69, 9.17) is 43.4 Å². The molecule has 5 aliphatic heterocycles. The number of benzene rings is 3. The van der Waals surface area contributed by atoms with Crippen LogP contribution in [0.25, 0.3) is 22.2 Å². The quantitative estimate of drug-likeness (QED) is 0.118. The molecule has 2 bridgehead atoms. The van der Waals surface area contributed by atoms with Gasteiger partial charge in [-0.15, -0.1) is 0 Å². The van der Waals surface area contributed by atoms with Crippen LogP contribution in [0.15, 0.2) is 54.6 Å². The van der Waals surface area contributed by atoms with Crippen LogP contribution in [-0.2, 0) is 22.6 Å². The van der Waals surface area contributed by atoms with Crippen LogP contribution in [0.4, 0.5) is 25.1 Å². The van der Waals surface area contributed by atoms with Gasteiger partial charge in [0.15, 0.2) is 11.6 Å². The summed E-state index contributed by atoms with van der Waals surface area (Å²) in [5.41, 5.74) is 2.93. The molecule has 0 unspecified atom stereocenters. The van der Waals surface area contributed by atoms with Crippen molar-refractivity contribution in [2.75, 3.05) is 56.9 Å².